The molecule has 0 radical (unpaired) electrons. The molecular weight excluding hydrogens is 436 g/mol. The average Bonchev–Trinajstić information content (AvgIpc) is 3.15. The van der Waals surface area contributed by atoms with Gasteiger partial charge in [-0.1, -0.05) is 78.8 Å². The van der Waals surface area contributed by atoms with Crippen molar-refractivity contribution in [1.82, 2.24) is 9.55 Å². The van der Waals surface area contributed by atoms with Crippen LogP contribution in [0.25, 0.3) is 0 Å². The quantitative estimate of drug-likeness (QED) is 0.337. The van der Waals surface area contributed by atoms with E-state index in [-0.39, 0.29) is 18.7 Å². The number of nitrogens with zero attached hydrogens (tertiary/aromatic N) is 2. The lowest BCUT2D eigenvalue weighted by molar-refractivity contribution is -0.158. The molecule has 0 atom stereocenters. The fourth-order valence-corrected chi connectivity index (χ4v) is 4.44. The van der Waals surface area contributed by atoms with Crippen LogP contribution in [0.2, 0.25) is 5.02 Å². The number of carboxylic acids is 2. The zero-order valence-electron chi connectivity index (χ0n) is 17.0. The summed E-state index contributed by atoms with van der Waals surface area (Å²) in [6, 6.07) is 16.0. The normalized spacial score (nSPS) is 11.4. The van der Waals surface area contributed by atoms with Crippen LogP contribution in [0, 0.1) is 0 Å². The van der Waals surface area contributed by atoms with Crippen LogP contribution >= 0.6 is 23.4 Å². The van der Waals surface area contributed by atoms with Crippen LogP contribution in [-0.2, 0) is 28.0 Å². The zero-order valence-corrected chi connectivity index (χ0v) is 18.6. The Morgan fingerprint density at radius 1 is 1.06 bits per heavy atom. The van der Waals surface area contributed by atoms with E-state index in [1.165, 1.54) is 18.0 Å². The van der Waals surface area contributed by atoms with Gasteiger partial charge in [0.25, 0.3) is 0 Å². The Morgan fingerprint density at radius 2 is 1.71 bits per heavy atom. The van der Waals surface area contributed by atoms with Gasteiger partial charge in [-0.05, 0) is 23.6 Å². The summed E-state index contributed by atoms with van der Waals surface area (Å²) in [7, 11) is 0. The Balaban J connectivity index is 2.18. The molecule has 0 bridgehead atoms. The topological polar surface area (TPSA) is 92.4 Å². The molecule has 0 spiro atoms. The molecule has 2 aromatic carbocycles. The van der Waals surface area contributed by atoms with Crippen molar-refractivity contribution >= 4 is 35.3 Å². The highest BCUT2D eigenvalue weighted by molar-refractivity contribution is 7.99. The minimum Gasteiger partial charge on any atom is -0.480 e. The van der Waals surface area contributed by atoms with Crippen LogP contribution < -0.4 is 0 Å². The van der Waals surface area contributed by atoms with Gasteiger partial charge in [0.05, 0.1) is 18.4 Å². The van der Waals surface area contributed by atoms with Crippen LogP contribution in [-0.4, -0.2) is 37.5 Å². The summed E-state index contributed by atoms with van der Waals surface area (Å²) in [5, 5.41) is 21.5. The smallest absolute Gasteiger partial charge is 0.327 e. The maximum atomic E-state index is 12.5. The molecule has 8 heteroatoms. The van der Waals surface area contributed by atoms with Crippen molar-refractivity contribution < 1.29 is 19.8 Å². The van der Waals surface area contributed by atoms with Gasteiger partial charge in [0.2, 0.25) is 5.41 Å². The lowest BCUT2D eigenvalue weighted by Crippen LogP contribution is -2.47. The first kappa shape index (κ1) is 22.9. The Labute approximate surface area is 189 Å². The summed E-state index contributed by atoms with van der Waals surface area (Å²) in [5.41, 5.74) is -0.706. The molecule has 0 saturated carbocycles. The van der Waals surface area contributed by atoms with Crippen molar-refractivity contribution in [3.05, 3.63) is 82.6 Å². The van der Waals surface area contributed by atoms with Crippen LogP contribution in [0.1, 0.15) is 30.2 Å². The summed E-state index contributed by atoms with van der Waals surface area (Å²) in [6.45, 7) is 2.25. The van der Waals surface area contributed by atoms with Crippen molar-refractivity contribution in [3.8, 4) is 0 Å². The first-order valence-electron chi connectivity index (χ1n) is 9.83. The number of halogens is 1. The Kier molecular flexibility index (Phi) is 7.41. The highest BCUT2D eigenvalue weighted by Gasteiger charge is 2.51. The third kappa shape index (κ3) is 4.78. The molecule has 0 amide bonds. The number of thioether (sulfide) groups is 1. The molecule has 6 nitrogen and oxygen atoms in total. The molecule has 0 aliphatic rings. The number of benzene rings is 2. The molecular formula is C23H23ClN2O4S. The van der Waals surface area contributed by atoms with Crippen molar-refractivity contribution in [1.29, 1.82) is 0 Å². The average molecular weight is 459 g/mol. The van der Waals surface area contributed by atoms with E-state index in [0.29, 0.717) is 15.7 Å². The number of carboxylic acid groups (broad SMARTS) is 2. The Hall–Kier alpha value is -2.77. The number of hydrogen-bond acceptors (Lipinski definition) is 4. The van der Waals surface area contributed by atoms with Crippen LogP contribution in [0.15, 0.2) is 66.0 Å². The van der Waals surface area contributed by atoms with E-state index in [4.69, 9.17) is 11.6 Å². The van der Waals surface area contributed by atoms with E-state index in [2.05, 4.69) is 4.98 Å². The van der Waals surface area contributed by atoms with Gasteiger partial charge in [-0.15, -0.1) is 0 Å². The van der Waals surface area contributed by atoms with E-state index >= 15 is 0 Å². The molecule has 162 valence electrons. The monoisotopic (exact) mass is 458 g/mol. The number of aliphatic carboxylic acids is 2. The van der Waals surface area contributed by atoms with Gasteiger partial charge in [-0.2, -0.15) is 0 Å². The van der Waals surface area contributed by atoms with Crippen LogP contribution in [0.5, 0.6) is 0 Å². The second kappa shape index (κ2) is 10.0. The van der Waals surface area contributed by atoms with Crippen LogP contribution in [0.4, 0.5) is 0 Å². The third-order valence-corrected chi connectivity index (χ3v) is 6.59. The fourth-order valence-electron chi connectivity index (χ4n) is 3.41. The SMILES string of the molecule is CCCSc1ncc(C(Cc2ccccc2)(C(=O)O)C(=O)O)n1Cc1ccccc1Cl. The number of rotatable bonds is 10. The van der Waals surface area contributed by atoms with Gasteiger partial charge in [0.1, 0.15) is 0 Å². The largest absolute Gasteiger partial charge is 0.480 e. The molecule has 0 aliphatic heterocycles. The summed E-state index contributed by atoms with van der Waals surface area (Å²) < 4.78 is 1.67. The summed E-state index contributed by atoms with van der Waals surface area (Å²) >= 11 is 7.81. The van der Waals surface area contributed by atoms with Crippen LogP contribution in [0.3, 0.4) is 0 Å². The molecule has 0 saturated heterocycles. The second-order valence-electron chi connectivity index (χ2n) is 7.13. The van der Waals surface area contributed by atoms with Crippen molar-refractivity contribution in [2.45, 2.75) is 36.9 Å². The molecule has 0 fully saturated rings. The molecule has 0 unspecified atom stereocenters. The standard InChI is InChI=1S/C23H23ClN2O4S/c1-2-12-31-22-25-14-19(26(22)15-17-10-6-7-11-18(17)24)23(20(27)28,21(29)30)13-16-8-4-3-5-9-16/h3-11,14H,2,12-13,15H2,1H3,(H,27,28)(H,29,30). The summed E-state index contributed by atoms with van der Waals surface area (Å²) in [4.78, 5) is 29.4. The molecule has 1 heterocycles. The number of aromatic nitrogens is 2. The van der Waals surface area contributed by atoms with E-state index in [1.807, 2.05) is 25.1 Å². The minimum atomic E-state index is -2.19. The number of imidazole rings is 1. The van der Waals surface area contributed by atoms with Gasteiger partial charge >= 0.3 is 11.9 Å². The first-order valence-corrected chi connectivity index (χ1v) is 11.2. The lowest BCUT2D eigenvalue weighted by Gasteiger charge is -2.27. The van der Waals surface area contributed by atoms with E-state index < -0.39 is 17.4 Å². The molecule has 2 N–H and O–H groups in total. The highest BCUT2D eigenvalue weighted by Crippen LogP contribution is 2.34. The van der Waals surface area contributed by atoms with E-state index in [0.717, 1.165) is 17.7 Å². The van der Waals surface area contributed by atoms with Gasteiger partial charge in [0.15, 0.2) is 5.16 Å². The fraction of sp³-hybridized carbons (Fsp3) is 0.261. The van der Waals surface area contributed by atoms with Crippen molar-refractivity contribution in [2.75, 3.05) is 5.75 Å². The third-order valence-electron chi connectivity index (χ3n) is 5.02. The van der Waals surface area contributed by atoms with Gasteiger partial charge in [-0.3, -0.25) is 9.59 Å². The zero-order chi connectivity index (χ0) is 22.4. The van der Waals surface area contributed by atoms with E-state index in [9.17, 15) is 19.8 Å². The highest BCUT2D eigenvalue weighted by atomic mass is 35.5. The van der Waals surface area contributed by atoms with Gasteiger partial charge in [-0.25, -0.2) is 4.98 Å². The Bertz CT molecular complexity index is 1050. The lowest BCUT2D eigenvalue weighted by atomic mass is 9.78. The number of carbonyl (C=O) groups is 2. The maximum Gasteiger partial charge on any atom is 0.327 e. The van der Waals surface area contributed by atoms with Crippen molar-refractivity contribution in [3.63, 3.8) is 0 Å². The first-order chi connectivity index (χ1) is 14.9. The molecule has 3 rings (SSSR count). The maximum absolute atomic E-state index is 12.5. The Morgan fingerprint density at radius 3 is 2.32 bits per heavy atom. The predicted molar refractivity (Wildman–Crippen MR) is 121 cm³/mol. The molecule has 31 heavy (non-hydrogen) atoms. The van der Waals surface area contributed by atoms with Gasteiger partial charge < -0.3 is 14.8 Å². The predicted octanol–water partition coefficient (Wildman–Crippen LogP) is 4.74. The second-order valence-corrected chi connectivity index (χ2v) is 8.60. The van der Waals surface area contributed by atoms with E-state index in [1.54, 1.807) is 41.0 Å². The summed E-state index contributed by atoms with van der Waals surface area (Å²) in [6.07, 6.45) is 2.07. The number of hydrogen-bond donors (Lipinski definition) is 2. The molecule has 0 aliphatic carbocycles. The van der Waals surface area contributed by atoms with Crippen molar-refractivity contribution in [2.24, 2.45) is 0 Å². The molecule has 1 aromatic heterocycles. The molecule has 3 aromatic rings. The minimum absolute atomic E-state index is 0.120. The van der Waals surface area contributed by atoms with Gasteiger partial charge in [0, 0.05) is 17.2 Å². The summed E-state index contributed by atoms with van der Waals surface area (Å²) in [5.74, 6) is -2.10.